The number of aromatic nitrogens is 1. The van der Waals surface area contributed by atoms with Crippen LogP contribution in [0.15, 0.2) is 34.9 Å². The quantitative estimate of drug-likeness (QED) is 0.844. The second-order valence-electron chi connectivity index (χ2n) is 4.26. The molecule has 17 heavy (non-hydrogen) atoms. The molecule has 2 aromatic rings. The van der Waals surface area contributed by atoms with Gasteiger partial charge in [-0.15, -0.1) is 0 Å². The summed E-state index contributed by atoms with van der Waals surface area (Å²) in [5.74, 6) is 0.899. The summed E-state index contributed by atoms with van der Waals surface area (Å²) >= 11 is 0. The summed E-state index contributed by atoms with van der Waals surface area (Å²) in [5, 5.41) is 9.35. The first kappa shape index (κ1) is 11.7. The molecule has 0 fully saturated rings. The summed E-state index contributed by atoms with van der Waals surface area (Å²) < 4.78 is 5.36. The van der Waals surface area contributed by atoms with E-state index >= 15 is 0 Å². The predicted molar refractivity (Wildman–Crippen MR) is 64.8 cm³/mol. The van der Waals surface area contributed by atoms with Gasteiger partial charge in [-0.3, -0.25) is 0 Å². The Morgan fingerprint density at radius 1 is 1.47 bits per heavy atom. The zero-order valence-electron chi connectivity index (χ0n) is 9.76. The van der Waals surface area contributed by atoms with Crippen LogP contribution in [0.4, 0.5) is 0 Å². The molecule has 1 aromatic carbocycles. The van der Waals surface area contributed by atoms with E-state index in [1.165, 1.54) is 0 Å². The van der Waals surface area contributed by atoms with Crippen molar-refractivity contribution < 1.29 is 9.52 Å². The molecular weight excluding hydrogens is 216 g/mol. The highest BCUT2D eigenvalue weighted by molar-refractivity contribution is 5.28. The van der Waals surface area contributed by atoms with Crippen molar-refractivity contribution in [2.24, 2.45) is 5.73 Å². The first-order valence-electron chi connectivity index (χ1n) is 5.60. The molecule has 1 aromatic heterocycles. The van der Waals surface area contributed by atoms with Crippen LogP contribution in [-0.4, -0.2) is 16.1 Å². The van der Waals surface area contributed by atoms with E-state index in [-0.39, 0.29) is 11.8 Å². The Balaban J connectivity index is 2.06. The number of aromatic hydroxyl groups is 1. The van der Waals surface area contributed by atoms with Gasteiger partial charge in [0.25, 0.3) is 0 Å². The van der Waals surface area contributed by atoms with Gasteiger partial charge in [0.2, 0.25) is 0 Å². The van der Waals surface area contributed by atoms with Crippen LogP contribution in [0.2, 0.25) is 0 Å². The number of oxazole rings is 1. The van der Waals surface area contributed by atoms with E-state index in [1.807, 2.05) is 13.0 Å². The number of phenolic OH excluding ortho intramolecular Hbond substituents is 1. The molecule has 0 spiro atoms. The zero-order chi connectivity index (χ0) is 12.3. The van der Waals surface area contributed by atoms with E-state index in [2.05, 4.69) is 4.98 Å². The van der Waals surface area contributed by atoms with Crippen LogP contribution < -0.4 is 5.73 Å². The van der Waals surface area contributed by atoms with Crippen molar-refractivity contribution in [1.82, 2.24) is 4.98 Å². The largest absolute Gasteiger partial charge is 0.508 e. The third-order valence-corrected chi connectivity index (χ3v) is 2.40. The Labute approximate surface area is 100 Å². The monoisotopic (exact) mass is 232 g/mol. The Kier molecular flexibility index (Phi) is 3.44. The zero-order valence-corrected chi connectivity index (χ0v) is 9.76. The van der Waals surface area contributed by atoms with Gasteiger partial charge in [-0.2, -0.15) is 0 Å². The van der Waals surface area contributed by atoms with Crippen LogP contribution in [0, 0.1) is 0 Å². The standard InChI is InChI=1S/C13H16N2O2/c1-9(14)5-11-8-17-13(15-11)7-10-3-2-4-12(16)6-10/h2-4,6,8-9,16H,5,7,14H2,1H3. The summed E-state index contributed by atoms with van der Waals surface area (Å²) in [6.45, 7) is 1.93. The molecule has 0 amide bonds. The molecule has 0 aliphatic carbocycles. The highest BCUT2D eigenvalue weighted by Crippen LogP contribution is 2.15. The second-order valence-corrected chi connectivity index (χ2v) is 4.26. The van der Waals surface area contributed by atoms with Crippen LogP contribution in [0.5, 0.6) is 5.75 Å². The minimum atomic E-state index is 0.0775. The van der Waals surface area contributed by atoms with Crippen LogP contribution in [0.3, 0.4) is 0 Å². The lowest BCUT2D eigenvalue weighted by atomic mass is 10.1. The fourth-order valence-electron chi connectivity index (χ4n) is 1.69. The molecule has 4 nitrogen and oxygen atoms in total. The van der Waals surface area contributed by atoms with E-state index in [4.69, 9.17) is 10.2 Å². The molecule has 1 atom stereocenters. The van der Waals surface area contributed by atoms with Gasteiger partial charge in [0.1, 0.15) is 12.0 Å². The number of hydrogen-bond donors (Lipinski definition) is 2. The molecule has 1 heterocycles. The number of hydrogen-bond acceptors (Lipinski definition) is 4. The number of rotatable bonds is 4. The van der Waals surface area contributed by atoms with E-state index in [0.717, 1.165) is 11.3 Å². The predicted octanol–water partition coefficient (Wildman–Crippen LogP) is 1.86. The van der Waals surface area contributed by atoms with Gasteiger partial charge in [0.15, 0.2) is 5.89 Å². The summed E-state index contributed by atoms with van der Waals surface area (Å²) in [5.41, 5.74) is 7.53. The van der Waals surface area contributed by atoms with E-state index in [1.54, 1.807) is 24.5 Å². The van der Waals surface area contributed by atoms with Gasteiger partial charge < -0.3 is 15.3 Å². The summed E-state index contributed by atoms with van der Waals surface area (Å²) in [6, 6.07) is 7.15. The van der Waals surface area contributed by atoms with Crippen molar-refractivity contribution in [3.05, 3.63) is 47.7 Å². The molecule has 0 aliphatic rings. The molecule has 0 saturated heterocycles. The number of nitrogens with two attached hydrogens (primary N) is 1. The molecule has 0 aliphatic heterocycles. The van der Waals surface area contributed by atoms with Gasteiger partial charge in [-0.25, -0.2) is 4.98 Å². The Bertz CT molecular complexity index is 492. The second kappa shape index (κ2) is 5.01. The highest BCUT2D eigenvalue weighted by Gasteiger charge is 2.07. The number of nitrogens with zero attached hydrogens (tertiary/aromatic N) is 1. The highest BCUT2D eigenvalue weighted by atomic mass is 16.3. The maximum Gasteiger partial charge on any atom is 0.198 e. The maximum absolute atomic E-state index is 9.35. The Hall–Kier alpha value is -1.81. The Morgan fingerprint density at radius 3 is 3.00 bits per heavy atom. The van der Waals surface area contributed by atoms with Crippen LogP contribution in [0.25, 0.3) is 0 Å². The molecular formula is C13H16N2O2. The van der Waals surface area contributed by atoms with Crippen LogP contribution in [0.1, 0.15) is 24.1 Å². The van der Waals surface area contributed by atoms with Crippen molar-refractivity contribution in [2.45, 2.75) is 25.8 Å². The molecule has 0 radical (unpaired) electrons. The first-order valence-corrected chi connectivity index (χ1v) is 5.60. The van der Waals surface area contributed by atoms with Crippen LogP contribution in [-0.2, 0) is 12.8 Å². The number of benzene rings is 1. The van der Waals surface area contributed by atoms with Gasteiger partial charge >= 0.3 is 0 Å². The summed E-state index contributed by atoms with van der Waals surface area (Å²) in [7, 11) is 0. The van der Waals surface area contributed by atoms with Crippen molar-refractivity contribution in [2.75, 3.05) is 0 Å². The minimum Gasteiger partial charge on any atom is -0.508 e. The topological polar surface area (TPSA) is 72.3 Å². The van der Waals surface area contributed by atoms with Crippen molar-refractivity contribution >= 4 is 0 Å². The molecule has 2 rings (SSSR count). The Morgan fingerprint density at radius 2 is 2.29 bits per heavy atom. The lowest BCUT2D eigenvalue weighted by Gasteiger charge is -1.99. The summed E-state index contributed by atoms with van der Waals surface area (Å²) in [6.07, 6.45) is 2.93. The molecule has 1 unspecified atom stereocenters. The van der Waals surface area contributed by atoms with Crippen LogP contribution >= 0.6 is 0 Å². The molecule has 0 saturated carbocycles. The SMILES string of the molecule is CC(N)Cc1coc(Cc2cccc(O)c2)n1. The number of phenols is 1. The minimum absolute atomic E-state index is 0.0775. The van der Waals surface area contributed by atoms with Gasteiger partial charge in [0, 0.05) is 18.9 Å². The smallest absolute Gasteiger partial charge is 0.198 e. The first-order chi connectivity index (χ1) is 8.13. The van der Waals surface area contributed by atoms with Crippen molar-refractivity contribution in [1.29, 1.82) is 0 Å². The van der Waals surface area contributed by atoms with Gasteiger partial charge in [-0.05, 0) is 24.6 Å². The third-order valence-electron chi connectivity index (χ3n) is 2.40. The molecule has 90 valence electrons. The van der Waals surface area contributed by atoms with E-state index in [9.17, 15) is 5.11 Å². The maximum atomic E-state index is 9.35. The molecule has 3 N–H and O–H groups in total. The third kappa shape index (κ3) is 3.32. The fraction of sp³-hybridized carbons (Fsp3) is 0.308. The summed E-state index contributed by atoms with van der Waals surface area (Å²) in [4.78, 5) is 4.35. The average Bonchev–Trinajstić information content (AvgIpc) is 2.64. The molecule has 4 heteroatoms. The average molecular weight is 232 g/mol. The van der Waals surface area contributed by atoms with E-state index < -0.39 is 0 Å². The molecule has 0 bridgehead atoms. The van der Waals surface area contributed by atoms with Crippen molar-refractivity contribution in [3.8, 4) is 5.75 Å². The van der Waals surface area contributed by atoms with Crippen molar-refractivity contribution in [3.63, 3.8) is 0 Å². The fourth-order valence-corrected chi connectivity index (χ4v) is 1.69. The van der Waals surface area contributed by atoms with E-state index in [0.29, 0.717) is 18.7 Å². The van der Waals surface area contributed by atoms with Gasteiger partial charge in [-0.1, -0.05) is 12.1 Å². The lowest BCUT2D eigenvalue weighted by molar-refractivity contribution is 0.473. The normalized spacial score (nSPS) is 12.6. The lowest BCUT2D eigenvalue weighted by Crippen LogP contribution is -2.17. The van der Waals surface area contributed by atoms with Gasteiger partial charge in [0.05, 0.1) is 5.69 Å².